The fraction of sp³-hybridized carbons (Fsp3) is 0.312. The number of ether oxygens (including phenoxy) is 2. The number of thioether (sulfide) groups is 1. The van der Waals surface area contributed by atoms with Crippen LogP contribution in [0.1, 0.15) is 4.88 Å². The minimum atomic E-state index is -0.129. The number of hydrogen-bond donors (Lipinski definition) is 1. The van der Waals surface area contributed by atoms with Gasteiger partial charge in [-0.05, 0) is 40.2 Å². The van der Waals surface area contributed by atoms with Gasteiger partial charge in [0.2, 0.25) is 0 Å². The van der Waals surface area contributed by atoms with E-state index in [0.717, 1.165) is 15.3 Å². The van der Waals surface area contributed by atoms with E-state index in [1.54, 1.807) is 42.3 Å². The standard InChI is InChI=1S/C16H18BrNO3S2/c1-20-13-4-2-3-5-14(13)21-10-16(19)18-8-9-22-11-12-6-7-15(17)23-12/h2-7H,8-11H2,1H3,(H,18,19). The van der Waals surface area contributed by atoms with Crippen LogP contribution in [0.5, 0.6) is 11.5 Å². The molecule has 0 spiro atoms. The van der Waals surface area contributed by atoms with Gasteiger partial charge < -0.3 is 14.8 Å². The Bertz CT molecular complexity index is 633. The summed E-state index contributed by atoms with van der Waals surface area (Å²) in [6.45, 7) is 0.619. The summed E-state index contributed by atoms with van der Waals surface area (Å²) in [5, 5.41) is 2.85. The molecule has 4 nitrogen and oxygen atoms in total. The highest BCUT2D eigenvalue weighted by Gasteiger charge is 2.06. The lowest BCUT2D eigenvalue weighted by molar-refractivity contribution is -0.122. The molecular formula is C16H18BrNO3S2. The van der Waals surface area contributed by atoms with Crippen molar-refractivity contribution in [2.24, 2.45) is 0 Å². The minimum Gasteiger partial charge on any atom is -0.493 e. The minimum absolute atomic E-state index is 0.0110. The average molecular weight is 416 g/mol. The van der Waals surface area contributed by atoms with Crippen molar-refractivity contribution in [1.82, 2.24) is 5.32 Å². The molecule has 0 saturated carbocycles. The lowest BCUT2D eigenvalue weighted by Gasteiger charge is -2.10. The van der Waals surface area contributed by atoms with Crippen molar-refractivity contribution >= 4 is 44.9 Å². The van der Waals surface area contributed by atoms with Crippen molar-refractivity contribution in [3.8, 4) is 11.5 Å². The Hall–Kier alpha value is -1.18. The molecule has 2 rings (SSSR count). The van der Waals surface area contributed by atoms with Crippen molar-refractivity contribution in [2.75, 3.05) is 26.0 Å². The van der Waals surface area contributed by atoms with Crippen LogP contribution in [-0.4, -0.2) is 31.9 Å². The zero-order chi connectivity index (χ0) is 16.5. The molecule has 1 heterocycles. The van der Waals surface area contributed by atoms with Gasteiger partial charge in [-0.15, -0.1) is 11.3 Å². The number of para-hydroxylation sites is 2. The topological polar surface area (TPSA) is 47.6 Å². The largest absolute Gasteiger partial charge is 0.493 e. The monoisotopic (exact) mass is 415 g/mol. The second-order valence-corrected chi connectivity index (χ2v) is 8.20. The van der Waals surface area contributed by atoms with Crippen LogP contribution in [-0.2, 0) is 10.5 Å². The second kappa shape index (κ2) is 9.85. The van der Waals surface area contributed by atoms with Crippen LogP contribution in [0.25, 0.3) is 0 Å². The van der Waals surface area contributed by atoms with Crippen LogP contribution in [0.3, 0.4) is 0 Å². The smallest absolute Gasteiger partial charge is 0.257 e. The molecule has 0 fully saturated rings. The maximum absolute atomic E-state index is 11.8. The van der Waals surface area contributed by atoms with Gasteiger partial charge in [-0.1, -0.05) is 12.1 Å². The Morgan fingerprint density at radius 1 is 1.26 bits per heavy atom. The normalized spacial score (nSPS) is 10.3. The summed E-state index contributed by atoms with van der Waals surface area (Å²) in [4.78, 5) is 13.1. The van der Waals surface area contributed by atoms with Gasteiger partial charge in [0.25, 0.3) is 5.91 Å². The van der Waals surface area contributed by atoms with Crippen LogP contribution in [0, 0.1) is 0 Å². The van der Waals surface area contributed by atoms with E-state index in [2.05, 4.69) is 33.4 Å². The molecule has 1 N–H and O–H groups in total. The first kappa shape index (κ1) is 18.2. The van der Waals surface area contributed by atoms with Gasteiger partial charge in [-0.3, -0.25) is 4.79 Å². The third kappa shape index (κ3) is 6.45. The molecule has 0 unspecified atom stereocenters. The van der Waals surface area contributed by atoms with E-state index in [9.17, 15) is 4.79 Å². The van der Waals surface area contributed by atoms with Crippen molar-refractivity contribution in [3.63, 3.8) is 0 Å². The molecule has 0 bridgehead atoms. The highest BCUT2D eigenvalue weighted by Crippen LogP contribution is 2.26. The number of halogens is 1. The molecular weight excluding hydrogens is 398 g/mol. The molecule has 0 atom stereocenters. The molecule has 124 valence electrons. The van der Waals surface area contributed by atoms with E-state index in [-0.39, 0.29) is 12.5 Å². The second-order valence-electron chi connectivity index (χ2n) is 4.55. The molecule has 7 heteroatoms. The first-order chi connectivity index (χ1) is 11.2. The zero-order valence-corrected chi connectivity index (χ0v) is 15.9. The van der Waals surface area contributed by atoms with Crippen molar-refractivity contribution in [2.45, 2.75) is 5.75 Å². The van der Waals surface area contributed by atoms with Gasteiger partial charge in [0.1, 0.15) is 0 Å². The van der Waals surface area contributed by atoms with E-state index in [4.69, 9.17) is 9.47 Å². The van der Waals surface area contributed by atoms with Gasteiger partial charge >= 0.3 is 0 Å². The third-order valence-electron chi connectivity index (χ3n) is 2.87. The first-order valence-electron chi connectivity index (χ1n) is 7.03. The molecule has 1 amide bonds. The zero-order valence-electron chi connectivity index (χ0n) is 12.7. The Morgan fingerprint density at radius 2 is 2.04 bits per heavy atom. The maximum atomic E-state index is 11.8. The number of nitrogens with one attached hydrogen (secondary N) is 1. The van der Waals surface area contributed by atoms with Crippen LogP contribution in [0.15, 0.2) is 40.2 Å². The SMILES string of the molecule is COc1ccccc1OCC(=O)NCCSCc1ccc(Br)s1. The lowest BCUT2D eigenvalue weighted by atomic mass is 10.3. The Labute approximate surface area is 152 Å². The number of carbonyl (C=O) groups is 1. The maximum Gasteiger partial charge on any atom is 0.257 e. The summed E-state index contributed by atoms with van der Waals surface area (Å²) in [6.07, 6.45) is 0. The fourth-order valence-electron chi connectivity index (χ4n) is 1.80. The van der Waals surface area contributed by atoms with E-state index in [1.807, 2.05) is 12.1 Å². The summed E-state index contributed by atoms with van der Waals surface area (Å²) in [6, 6.07) is 11.4. The van der Waals surface area contributed by atoms with E-state index in [0.29, 0.717) is 18.0 Å². The molecule has 23 heavy (non-hydrogen) atoms. The Morgan fingerprint density at radius 3 is 2.74 bits per heavy atom. The molecule has 0 radical (unpaired) electrons. The summed E-state index contributed by atoms with van der Waals surface area (Å²) in [5.74, 6) is 2.90. The Kier molecular flexibility index (Phi) is 7.78. The molecule has 1 aromatic carbocycles. The quantitative estimate of drug-likeness (QED) is 0.629. The third-order valence-corrected chi connectivity index (χ3v) is 5.68. The fourth-order valence-corrected chi connectivity index (χ4v) is 4.25. The van der Waals surface area contributed by atoms with Crippen LogP contribution >= 0.6 is 39.0 Å². The number of benzene rings is 1. The van der Waals surface area contributed by atoms with Gasteiger partial charge in [-0.2, -0.15) is 11.8 Å². The summed E-state index contributed by atoms with van der Waals surface area (Å²) in [5.41, 5.74) is 0. The predicted octanol–water partition coefficient (Wildman–Crippen LogP) is 3.95. The molecule has 2 aromatic rings. The van der Waals surface area contributed by atoms with Crippen molar-refractivity contribution in [3.05, 3.63) is 45.1 Å². The lowest BCUT2D eigenvalue weighted by Crippen LogP contribution is -2.30. The number of thiophene rings is 1. The van der Waals surface area contributed by atoms with Crippen LogP contribution in [0.4, 0.5) is 0 Å². The predicted molar refractivity (Wildman–Crippen MR) is 99.7 cm³/mol. The van der Waals surface area contributed by atoms with Gasteiger partial charge in [0, 0.05) is 22.9 Å². The van der Waals surface area contributed by atoms with Crippen LogP contribution < -0.4 is 14.8 Å². The summed E-state index contributed by atoms with van der Waals surface area (Å²) in [7, 11) is 1.58. The molecule has 0 aliphatic heterocycles. The highest BCUT2D eigenvalue weighted by atomic mass is 79.9. The summed E-state index contributed by atoms with van der Waals surface area (Å²) >= 11 is 6.98. The number of carbonyl (C=O) groups excluding carboxylic acids is 1. The van der Waals surface area contributed by atoms with Crippen LogP contribution in [0.2, 0.25) is 0 Å². The van der Waals surface area contributed by atoms with Gasteiger partial charge in [0.15, 0.2) is 18.1 Å². The molecule has 1 aromatic heterocycles. The van der Waals surface area contributed by atoms with Crippen molar-refractivity contribution < 1.29 is 14.3 Å². The Balaban J connectivity index is 1.60. The first-order valence-corrected chi connectivity index (χ1v) is 9.80. The number of rotatable bonds is 9. The molecule has 0 aliphatic rings. The van der Waals surface area contributed by atoms with E-state index in [1.165, 1.54) is 4.88 Å². The van der Waals surface area contributed by atoms with Gasteiger partial charge in [-0.25, -0.2) is 0 Å². The highest BCUT2D eigenvalue weighted by molar-refractivity contribution is 9.11. The van der Waals surface area contributed by atoms with Crippen molar-refractivity contribution in [1.29, 1.82) is 0 Å². The van der Waals surface area contributed by atoms with E-state index < -0.39 is 0 Å². The number of methoxy groups -OCH3 is 1. The summed E-state index contributed by atoms with van der Waals surface area (Å²) < 4.78 is 11.8. The average Bonchev–Trinajstić information content (AvgIpc) is 2.98. The number of amides is 1. The van der Waals surface area contributed by atoms with E-state index >= 15 is 0 Å². The molecule has 0 aliphatic carbocycles. The number of hydrogen-bond acceptors (Lipinski definition) is 5. The van der Waals surface area contributed by atoms with Gasteiger partial charge in [0.05, 0.1) is 10.9 Å². The molecule has 0 saturated heterocycles.